The van der Waals surface area contributed by atoms with E-state index in [1.807, 2.05) is 0 Å². The average molecular weight is 500 g/mol. The van der Waals surface area contributed by atoms with Crippen molar-refractivity contribution in [2.45, 2.75) is 36.5 Å². The average Bonchev–Trinajstić information content (AvgIpc) is 2.78. The molecule has 4 nitrogen and oxygen atoms in total. The fourth-order valence-electron chi connectivity index (χ4n) is 4.63. The summed E-state index contributed by atoms with van der Waals surface area (Å²) in [5.74, 6) is -1.34. The first-order valence-electron chi connectivity index (χ1n) is 10.4. The Morgan fingerprint density at radius 2 is 1.49 bits per heavy atom. The van der Waals surface area contributed by atoms with Crippen LogP contribution < -0.4 is 4.90 Å². The Balaban J connectivity index is 2.04. The summed E-state index contributed by atoms with van der Waals surface area (Å²) >= 11 is 0. The summed E-state index contributed by atoms with van der Waals surface area (Å²) in [6, 6.07) is 11.7. The first-order valence-corrected chi connectivity index (χ1v) is 10.4. The number of rotatable bonds is 3. The van der Waals surface area contributed by atoms with Crippen LogP contribution in [0.5, 0.6) is 0 Å². The van der Waals surface area contributed by atoms with E-state index in [1.165, 1.54) is 49.5 Å². The van der Waals surface area contributed by atoms with Crippen molar-refractivity contribution in [3.8, 4) is 0 Å². The Morgan fingerprint density at radius 1 is 0.914 bits per heavy atom. The molecule has 35 heavy (non-hydrogen) atoms. The van der Waals surface area contributed by atoms with Gasteiger partial charge in [0.2, 0.25) is 0 Å². The fraction of sp³-hybridized carbons (Fsp3) is 0.292. The zero-order valence-corrected chi connectivity index (χ0v) is 18.2. The lowest BCUT2D eigenvalue weighted by Gasteiger charge is -2.54. The summed E-state index contributed by atoms with van der Waals surface area (Å²) in [6.07, 6.45) is -13.0. The first-order chi connectivity index (χ1) is 16.2. The number of fused-ring (bicyclic) bond motifs is 1. The highest BCUT2D eigenvalue weighted by Gasteiger charge is 2.81. The number of urea groups is 1. The van der Waals surface area contributed by atoms with Crippen LogP contribution >= 0.6 is 0 Å². The number of para-hydroxylation sites is 1. The maximum Gasteiger partial charge on any atom is 0.429 e. The van der Waals surface area contributed by atoms with Crippen LogP contribution in [0, 0.1) is 0 Å². The second kappa shape index (κ2) is 8.11. The van der Waals surface area contributed by atoms with Crippen LogP contribution in [0.25, 0.3) is 5.57 Å². The molecule has 2 aromatic carbocycles. The van der Waals surface area contributed by atoms with Crippen LogP contribution in [-0.4, -0.2) is 46.6 Å². The molecule has 1 unspecified atom stereocenters. The number of hydrogen-bond acceptors (Lipinski definition) is 2. The zero-order valence-electron chi connectivity index (χ0n) is 18.2. The topological polar surface area (TPSA) is 43.8 Å². The monoisotopic (exact) mass is 500 g/mol. The Bertz CT molecular complexity index is 1190. The molecule has 2 amide bonds. The molecule has 0 radical (unpaired) electrons. The summed E-state index contributed by atoms with van der Waals surface area (Å²) in [5.41, 5.74) is -9.23. The molecule has 1 atom stereocenters. The van der Waals surface area contributed by atoms with Gasteiger partial charge in [0.1, 0.15) is 11.4 Å². The lowest BCUT2D eigenvalue weighted by Crippen LogP contribution is -2.78. The third-order valence-corrected chi connectivity index (χ3v) is 6.33. The molecule has 2 aromatic rings. The van der Waals surface area contributed by atoms with E-state index in [2.05, 4.69) is 0 Å². The number of aliphatic hydroxyl groups is 1. The SMILES string of the molecule is CN1Cc2ccccc2N(C2(C(O)(C(F)(F)F)C(F)(F)F)C=CC(c3ccccc3)=C(F)C2)C1=O. The van der Waals surface area contributed by atoms with Gasteiger partial charge < -0.3 is 10.0 Å². The molecule has 1 heterocycles. The molecule has 1 N–H and O–H groups in total. The van der Waals surface area contributed by atoms with Crippen LogP contribution in [0.4, 0.5) is 41.2 Å². The van der Waals surface area contributed by atoms with Gasteiger partial charge in [-0.3, -0.25) is 4.90 Å². The summed E-state index contributed by atoms with van der Waals surface area (Å²) < 4.78 is 101. The number of carbonyl (C=O) groups is 1. The van der Waals surface area contributed by atoms with Gasteiger partial charge in [-0.05, 0) is 17.2 Å². The van der Waals surface area contributed by atoms with Crippen molar-refractivity contribution in [3.63, 3.8) is 0 Å². The minimum absolute atomic E-state index is 0.102. The minimum Gasteiger partial charge on any atom is -0.372 e. The van der Waals surface area contributed by atoms with Gasteiger partial charge in [0.05, 0.1) is 5.69 Å². The Hall–Kier alpha value is -3.34. The smallest absolute Gasteiger partial charge is 0.372 e. The standard InChI is InChI=1S/C24H19F7N2O2/c1-32-14-16-9-5-6-10-19(16)33(20(32)34)21(22(35,23(26,27)28)24(29,30)31)12-11-17(18(25)13-21)15-7-3-2-4-8-15/h2-12,35H,13-14H2,1H3. The number of benzene rings is 2. The molecular formula is C24H19F7N2O2. The number of anilines is 1. The van der Waals surface area contributed by atoms with E-state index in [0.29, 0.717) is 6.08 Å². The van der Waals surface area contributed by atoms with Gasteiger partial charge in [0.15, 0.2) is 0 Å². The van der Waals surface area contributed by atoms with Gasteiger partial charge in [-0.2, -0.15) is 26.3 Å². The number of allylic oxidation sites excluding steroid dienone is 2. The van der Waals surface area contributed by atoms with Crippen molar-refractivity contribution < 1.29 is 40.6 Å². The number of hydrogen-bond donors (Lipinski definition) is 1. The van der Waals surface area contributed by atoms with E-state index in [-0.39, 0.29) is 33.8 Å². The lowest BCUT2D eigenvalue weighted by molar-refractivity contribution is -0.383. The molecular weight excluding hydrogens is 481 g/mol. The van der Waals surface area contributed by atoms with Gasteiger partial charge in [-0.1, -0.05) is 60.7 Å². The molecule has 0 spiro atoms. The summed E-state index contributed by atoms with van der Waals surface area (Å²) in [7, 11) is 1.19. The molecule has 0 fully saturated rings. The molecule has 11 heteroatoms. The van der Waals surface area contributed by atoms with E-state index in [0.717, 1.165) is 17.0 Å². The second-order valence-electron chi connectivity index (χ2n) is 8.43. The zero-order chi connectivity index (χ0) is 25.8. The second-order valence-corrected chi connectivity index (χ2v) is 8.43. The summed E-state index contributed by atoms with van der Waals surface area (Å²) in [6.45, 7) is -0.102. The van der Waals surface area contributed by atoms with Crippen LogP contribution in [0.15, 0.2) is 72.6 Å². The molecule has 0 saturated carbocycles. The molecule has 1 aliphatic carbocycles. The van der Waals surface area contributed by atoms with Gasteiger partial charge in [-0.25, -0.2) is 9.18 Å². The molecule has 4 rings (SSSR count). The third-order valence-electron chi connectivity index (χ3n) is 6.33. The third kappa shape index (κ3) is 3.60. The number of carbonyl (C=O) groups excluding carboxylic acids is 1. The van der Waals surface area contributed by atoms with Crippen molar-refractivity contribution in [1.29, 1.82) is 0 Å². The van der Waals surface area contributed by atoms with Gasteiger partial charge in [-0.15, -0.1) is 0 Å². The van der Waals surface area contributed by atoms with Gasteiger partial charge in [0, 0.05) is 25.6 Å². The van der Waals surface area contributed by atoms with Crippen molar-refractivity contribution in [2.75, 3.05) is 11.9 Å². The normalized spacial score (nSPS) is 21.5. The highest BCUT2D eigenvalue weighted by molar-refractivity contribution is 5.98. The van der Waals surface area contributed by atoms with Crippen molar-refractivity contribution >= 4 is 17.3 Å². The highest BCUT2D eigenvalue weighted by Crippen LogP contribution is 2.57. The maximum atomic E-state index is 15.5. The summed E-state index contributed by atoms with van der Waals surface area (Å²) in [5, 5.41) is 10.6. The van der Waals surface area contributed by atoms with E-state index < -0.39 is 41.8 Å². The number of nitrogens with zero attached hydrogens (tertiary/aromatic N) is 2. The minimum atomic E-state index is -6.33. The van der Waals surface area contributed by atoms with Crippen molar-refractivity contribution in [1.82, 2.24) is 4.90 Å². The van der Waals surface area contributed by atoms with E-state index in [4.69, 9.17) is 0 Å². The van der Waals surface area contributed by atoms with E-state index >= 15 is 4.39 Å². The van der Waals surface area contributed by atoms with Crippen LogP contribution in [0.1, 0.15) is 17.5 Å². The largest absolute Gasteiger partial charge is 0.429 e. The van der Waals surface area contributed by atoms with Crippen LogP contribution in [0.3, 0.4) is 0 Å². The molecule has 0 saturated heterocycles. The number of halogens is 7. The molecule has 1 aliphatic heterocycles. The Kier molecular flexibility index (Phi) is 5.74. The first kappa shape index (κ1) is 24.8. The number of amides is 2. The highest BCUT2D eigenvalue weighted by atomic mass is 19.4. The van der Waals surface area contributed by atoms with Crippen LogP contribution in [-0.2, 0) is 6.54 Å². The Morgan fingerprint density at radius 3 is 2.06 bits per heavy atom. The maximum absolute atomic E-state index is 15.5. The van der Waals surface area contributed by atoms with Crippen LogP contribution in [0.2, 0.25) is 0 Å². The molecule has 186 valence electrons. The molecule has 0 aromatic heterocycles. The fourth-order valence-corrected chi connectivity index (χ4v) is 4.63. The van der Waals surface area contributed by atoms with Gasteiger partial charge >= 0.3 is 18.4 Å². The lowest BCUT2D eigenvalue weighted by atomic mass is 9.70. The van der Waals surface area contributed by atoms with Crippen molar-refractivity contribution in [2.24, 2.45) is 0 Å². The van der Waals surface area contributed by atoms with Gasteiger partial charge in [0.25, 0.3) is 5.60 Å². The number of alkyl halides is 6. The predicted molar refractivity (Wildman–Crippen MR) is 114 cm³/mol. The Labute approximate surface area is 195 Å². The quantitative estimate of drug-likeness (QED) is 0.526. The van der Waals surface area contributed by atoms with E-state index in [9.17, 15) is 36.2 Å². The summed E-state index contributed by atoms with van der Waals surface area (Å²) in [4.78, 5) is 14.3. The predicted octanol–water partition coefficient (Wildman–Crippen LogP) is 5.99. The molecule has 2 aliphatic rings. The van der Waals surface area contributed by atoms with E-state index in [1.54, 1.807) is 6.07 Å². The van der Waals surface area contributed by atoms with Crippen molar-refractivity contribution in [3.05, 3.63) is 83.7 Å². The molecule has 0 bridgehead atoms.